The molecule has 1 fully saturated rings. The minimum absolute atomic E-state index is 0.261. The molecule has 0 spiro atoms. The molecule has 0 amide bonds. The third-order valence-corrected chi connectivity index (χ3v) is 8.73. The molecule has 3 aromatic carbocycles. The first-order valence-electron chi connectivity index (χ1n) is 12.4. The van der Waals surface area contributed by atoms with Crippen LogP contribution in [-0.4, -0.2) is 35.0 Å². The van der Waals surface area contributed by atoms with Crippen LogP contribution in [0.2, 0.25) is 5.02 Å². The number of nitrogens with zero attached hydrogens (tertiary/aromatic N) is 2. The molecule has 2 aliphatic rings. The second-order valence-corrected chi connectivity index (χ2v) is 11.3. The Hall–Kier alpha value is -2.47. The topological polar surface area (TPSA) is 43.8 Å². The summed E-state index contributed by atoms with van der Waals surface area (Å²) < 4.78 is 2.42. The lowest BCUT2D eigenvalue weighted by Gasteiger charge is -2.33. The van der Waals surface area contributed by atoms with Crippen molar-refractivity contribution in [1.82, 2.24) is 4.31 Å². The Morgan fingerprint density at radius 3 is 2.54 bits per heavy atom. The van der Waals surface area contributed by atoms with Crippen LogP contribution < -0.4 is 4.90 Å². The van der Waals surface area contributed by atoms with Crippen molar-refractivity contribution >= 4 is 40.9 Å². The molecule has 0 bridgehead atoms. The van der Waals surface area contributed by atoms with Crippen molar-refractivity contribution in [2.75, 3.05) is 18.5 Å². The fraction of sp³-hybridized carbons (Fsp3) is 0.345. The molecule has 182 valence electrons. The van der Waals surface area contributed by atoms with Gasteiger partial charge in [0.05, 0.1) is 16.3 Å². The Balaban J connectivity index is 1.55. The van der Waals surface area contributed by atoms with E-state index in [1.165, 1.54) is 38.5 Å². The molecule has 1 atom stereocenters. The van der Waals surface area contributed by atoms with Gasteiger partial charge in [-0.15, -0.1) is 0 Å². The van der Waals surface area contributed by atoms with Gasteiger partial charge in [0.2, 0.25) is 0 Å². The number of para-hydroxylation sites is 1. The van der Waals surface area contributed by atoms with E-state index in [-0.39, 0.29) is 5.56 Å². The number of hydrogen-bond acceptors (Lipinski definition) is 4. The summed E-state index contributed by atoms with van der Waals surface area (Å²) in [5.41, 5.74) is 4.19. The van der Waals surface area contributed by atoms with Crippen LogP contribution in [0.4, 0.5) is 11.4 Å². The highest BCUT2D eigenvalue weighted by Crippen LogP contribution is 2.46. The Bertz CT molecular complexity index is 1200. The monoisotopic (exact) mass is 506 g/mol. The Morgan fingerprint density at radius 1 is 1.03 bits per heavy atom. The molecule has 0 saturated heterocycles. The van der Waals surface area contributed by atoms with Crippen LogP contribution in [-0.2, 0) is 0 Å². The molecule has 1 aliphatic heterocycles. The summed E-state index contributed by atoms with van der Waals surface area (Å²) in [6, 6.07) is 22.1. The fourth-order valence-corrected chi connectivity index (χ4v) is 6.72. The molecular weight excluding hydrogens is 476 g/mol. The second kappa shape index (κ2) is 10.7. The van der Waals surface area contributed by atoms with Crippen LogP contribution in [0.25, 0.3) is 11.1 Å². The zero-order chi connectivity index (χ0) is 24.4. The average molecular weight is 507 g/mol. The lowest BCUT2D eigenvalue weighted by atomic mass is 9.84. The number of carboxylic acid groups (broad SMARTS) is 1. The Kier molecular flexibility index (Phi) is 7.37. The first kappa shape index (κ1) is 24.2. The van der Waals surface area contributed by atoms with E-state index in [1.807, 2.05) is 12.1 Å². The summed E-state index contributed by atoms with van der Waals surface area (Å²) in [7, 11) is 2.20. The van der Waals surface area contributed by atoms with Gasteiger partial charge >= 0.3 is 5.97 Å². The number of rotatable bonds is 5. The smallest absolute Gasteiger partial charge is 0.335 e. The van der Waals surface area contributed by atoms with Gasteiger partial charge < -0.3 is 10.0 Å². The fourth-order valence-electron chi connectivity index (χ4n) is 5.40. The highest BCUT2D eigenvalue weighted by Gasteiger charge is 2.31. The standard InChI is InChI=1S/C29H31ClN2O2S/c1-31-24(15-20-9-4-2-5-10-20)19-32(23-13-6-3-7-14-23)27-18-26(30)25(17-28(27)35-31)21-11-8-12-22(16-21)29(33)34/h3,6-8,11-14,16-18,20,24H,2,4-5,9-10,15,19H2,1H3,(H,33,34)/t24-/m1/s1. The molecule has 35 heavy (non-hydrogen) atoms. The number of carbonyl (C=O) groups is 1. The zero-order valence-corrected chi connectivity index (χ0v) is 21.6. The van der Waals surface area contributed by atoms with E-state index >= 15 is 0 Å². The van der Waals surface area contributed by atoms with Crippen molar-refractivity contribution in [3.05, 3.63) is 77.3 Å². The predicted molar refractivity (Wildman–Crippen MR) is 146 cm³/mol. The zero-order valence-electron chi connectivity index (χ0n) is 20.0. The highest BCUT2D eigenvalue weighted by molar-refractivity contribution is 7.97. The summed E-state index contributed by atoms with van der Waals surface area (Å²) in [4.78, 5) is 15.1. The van der Waals surface area contributed by atoms with Crippen molar-refractivity contribution in [1.29, 1.82) is 0 Å². The summed E-state index contributed by atoms with van der Waals surface area (Å²) >= 11 is 8.64. The van der Waals surface area contributed by atoms with Gasteiger partial charge in [0.25, 0.3) is 0 Å². The van der Waals surface area contributed by atoms with Gasteiger partial charge in [0.15, 0.2) is 0 Å². The number of fused-ring (bicyclic) bond motifs is 1. The van der Waals surface area contributed by atoms with Crippen LogP contribution in [0.1, 0.15) is 48.9 Å². The number of halogens is 1. The lowest BCUT2D eigenvalue weighted by molar-refractivity contribution is 0.0697. The van der Waals surface area contributed by atoms with Crippen molar-refractivity contribution < 1.29 is 9.90 Å². The number of carboxylic acids is 1. The maximum atomic E-state index is 11.5. The quantitative estimate of drug-likeness (QED) is 0.354. The SMILES string of the molecule is CN1Sc2cc(-c3cccc(C(=O)O)c3)c(Cl)cc2N(c2ccccc2)C[C@H]1CC1CCCCC1. The highest BCUT2D eigenvalue weighted by atomic mass is 35.5. The summed E-state index contributed by atoms with van der Waals surface area (Å²) in [5, 5.41) is 10.1. The third kappa shape index (κ3) is 5.37. The van der Waals surface area contributed by atoms with Gasteiger partial charge in [-0.05, 0) is 73.3 Å². The van der Waals surface area contributed by atoms with E-state index < -0.39 is 5.97 Å². The molecule has 6 heteroatoms. The van der Waals surface area contributed by atoms with Crippen LogP contribution >= 0.6 is 23.5 Å². The van der Waals surface area contributed by atoms with Gasteiger partial charge in [-0.2, -0.15) is 0 Å². The molecule has 0 unspecified atom stereocenters. The van der Waals surface area contributed by atoms with E-state index in [0.29, 0.717) is 11.1 Å². The summed E-state index contributed by atoms with van der Waals surface area (Å²) in [6.07, 6.45) is 7.95. The molecule has 3 aromatic rings. The first-order chi connectivity index (χ1) is 17.0. The third-order valence-electron chi connectivity index (χ3n) is 7.31. The van der Waals surface area contributed by atoms with Crippen molar-refractivity contribution in [2.24, 2.45) is 5.92 Å². The molecule has 1 heterocycles. The van der Waals surface area contributed by atoms with Gasteiger partial charge in [0.1, 0.15) is 0 Å². The number of likely N-dealkylation sites (N-methyl/N-ethyl adjacent to an activating group) is 1. The normalized spacial score (nSPS) is 19.3. The number of benzene rings is 3. The Labute approximate surface area is 217 Å². The van der Waals surface area contributed by atoms with Gasteiger partial charge in [-0.1, -0.05) is 74.0 Å². The molecule has 1 N–H and O–H groups in total. The van der Waals surface area contributed by atoms with Gasteiger partial charge in [-0.25, -0.2) is 9.10 Å². The van der Waals surface area contributed by atoms with E-state index in [1.54, 1.807) is 30.1 Å². The molecular formula is C29H31ClN2O2S. The van der Waals surface area contributed by atoms with E-state index in [0.717, 1.165) is 39.9 Å². The summed E-state index contributed by atoms with van der Waals surface area (Å²) in [6.45, 7) is 0.904. The predicted octanol–water partition coefficient (Wildman–Crippen LogP) is 8.13. The molecule has 1 saturated carbocycles. The van der Waals surface area contributed by atoms with Crippen molar-refractivity contribution in [3.63, 3.8) is 0 Å². The van der Waals surface area contributed by atoms with Crippen molar-refractivity contribution in [2.45, 2.75) is 49.5 Å². The first-order valence-corrected chi connectivity index (χ1v) is 13.6. The minimum Gasteiger partial charge on any atom is -0.478 e. The number of aromatic carboxylic acids is 1. The number of anilines is 2. The van der Waals surface area contributed by atoms with Crippen LogP contribution in [0, 0.1) is 5.92 Å². The largest absolute Gasteiger partial charge is 0.478 e. The molecule has 4 nitrogen and oxygen atoms in total. The lowest BCUT2D eigenvalue weighted by Crippen LogP contribution is -2.37. The van der Waals surface area contributed by atoms with Gasteiger partial charge in [-0.3, -0.25) is 0 Å². The second-order valence-electron chi connectivity index (χ2n) is 9.66. The van der Waals surface area contributed by atoms with E-state index in [4.69, 9.17) is 11.6 Å². The van der Waals surface area contributed by atoms with Crippen molar-refractivity contribution in [3.8, 4) is 11.1 Å². The van der Waals surface area contributed by atoms with Gasteiger partial charge in [0, 0.05) is 28.7 Å². The minimum atomic E-state index is -0.937. The van der Waals surface area contributed by atoms with E-state index in [2.05, 4.69) is 52.7 Å². The molecule has 0 radical (unpaired) electrons. The maximum absolute atomic E-state index is 11.5. The average Bonchev–Trinajstić information content (AvgIpc) is 3.01. The molecule has 5 rings (SSSR count). The van der Waals surface area contributed by atoms with Crippen LogP contribution in [0.15, 0.2) is 71.6 Å². The Morgan fingerprint density at radius 2 is 1.80 bits per heavy atom. The van der Waals surface area contributed by atoms with E-state index in [9.17, 15) is 9.90 Å². The van der Waals surface area contributed by atoms with Crippen LogP contribution in [0.3, 0.4) is 0 Å². The molecule has 0 aromatic heterocycles. The molecule has 1 aliphatic carbocycles. The summed E-state index contributed by atoms with van der Waals surface area (Å²) in [5.74, 6) is -0.152. The maximum Gasteiger partial charge on any atom is 0.335 e. The van der Waals surface area contributed by atoms with Crippen LogP contribution in [0.5, 0.6) is 0 Å². The number of hydrogen-bond donors (Lipinski definition) is 1.